The molecule has 106 valence electrons. The van der Waals surface area contributed by atoms with E-state index in [4.69, 9.17) is 4.74 Å². The average molecular weight is 264 g/mol. The first-order chi connectivity index (χ1) is 8.89. The largest absolute Gasteiger partial charge is 0.369 e. The van der Waals surface area contributed by atoms with Gasteiger partial charge in [-0.05, 0) is 34.6 Å². The van der Waals surface area contributed by atoms with Crippen molar-refractivity contribution >= 4 is 11.8 Å². The number of aromatic nitrogens is 2. The van der Waals surface area contributed by atoms with E-state index in [0.717, 1.165) is 31.1 Å². The summed E-state index contributed by atoms with van der Waals surface area (Å²) in [7, 11) is 0. The minimum atomic E-state index is -0.144. The predicted octanol–water partition coefficient (Wildman–Crippen LogP) is 2.22. The third-order valence-corrected chi connectivity index (χ3v) is 3.07. The number of anilines is 2. The first-order valence-electron chi connectivity index (χ1n) is 6.92. The number of morpholine rings is 1. The fraction of sp³-hybridized carbons (Fsp3) is 0.714. The molecule has 1 unspecified atom stereocenters. The van der Waals surface area contributed by atoms with E-state index in [-0.39, 0.29) is 11.7 Å². The maximum atomic E-state index is 5.93. The van der Waals surface area contributed by atoms with E-state index in [1.165, 1.54) is 0 Å². The van der Waals surface area contributed by atoms with Gasteiger partial charge in [-0.15, -0.1) is 0 Å². The highest BCUT2D eigenvalue weighted by Gasteiger charge is 2.32. The Kier molecular flexibility index (Phi) is 3.94. The van der Waals surface area contributed by atoms with E-state index in [2.05, 4.69) is 41.0 Å². The normalized spacial score (nSPS) is 22.4. The van der Waals surface area contributed by atoms with Crippen molar-refractivity contribution in [2.75, 3.05) is 29.9 Å². The van der Waals surface area contributed by atoms with Gasteiger partial charge in [0.25, 0.3) is 0 Å². The van der Waals surface area contributed by atoms with Gasteiger partial charge in [-0.3, -0.25) is 0 Å². The molecule has 0 saturated carbocycles. The lowest BCUT2D eigenvalue weighted by Gasteiger charge is -2.42. The van der Waals surface area contributed by atoms with Crippen LogP contribution in [0.2, 0.25) is 0 Å². The van der Waals surface area contributed by atoms with Crippen LogP contribution in [0.1, 0.15) is 33.4 Å². The minimum Gasteiger partial charge on any atom is -0.369 e. The van der Waals surface area contributed by atoms with Crippen molar-refractivity contribution in [3.05, 3.63) is 11.8 Å². The van der Waals surface area contributed by atoms with Gasteiger partial charge in [-0.1, -0.05) is 0 Å². The Morgan fingerprint density at radius 3 is 2.84 bits per heavy atom. The smallest absolute Gasteiger partial charge is 0.224 e. The van der Waals surface area contributed by atoms with Gasteiger partial charge in [0.15, 0.2) is 0 Å². The fourth-order valence-electron chi connectivity index (χ4n) is 2.58. The lowest BCUT2D eigenvalue weighted by Crippen LogP contribution is -2.52. The number of nitrogens with zero attached hydrogens (tertiary/aromatic N) is 3. The standard InChI is InChI=1S/C14H24N4O/c1-6-15-13-16-10(2)7-12(17-13)18-8-11(3)19-14(4,5)9-18/h7,11H,6,8-9H2,1-5H3,(H,15,16,17). The Morgan fingerprint density at radius 2 is 2.21 bits per heavy atom. The molecule has 0 aliphatic carbocycles. The van der Waals surface area contributed by atoms with Crippen LogP contribution in [0.25, 0.3) is 0 Å². The van der Waals surface area contributed by atoms with Crippen molar-refractivity contribution < 1.29 is 4.74 Å². The number of aryl methyl sites for hydroxylation is 1. The van der Waals surface area contributed by atoms with Crippen LogP contribution in [-0.4, -0.2) is 41.3 Å². The molecule has 0 bridgehead atoms. The van der Waals surface area contributed by atoms with Crippen LogP contribution in [0.15, 0.2) is 6.07 Å². The van der Waals surface area contributed by atoms with Crippen LogP contribution in [0, 0.1) is 6.92 Å². The highest BCUT2D eigenvalue weighted by atomic mass is 16.5. The van der Waals surface area contributed by atoms with Gasteiger partial charge in [0.2, 0.25) is 5.95 Å². The summed E-state index contributed by atoms with van der Waals surface area (Å²) in [5.41, 5.74) is 0.840. The van der Waals surface area contributed by atoms with Gasteiger partial charge < -0.3 is 15.0 Å². The molecule has 0 amide bonds. The summed E-state index contributed by atoms with van der Waals surface area (Å²) in [6.45, 7) is 12.9. The molecule has 0 aromatic carbocycles. The number of ether oxygens (including phenoxy) is 1. The molecule has 1 fully saturated rings. The molecule has 0 radical (unpaired) electrons. The quantitative estimate of drug-likeness (QED) is 0.907. The van der Waals surface area contributed by atoms with Crippen molar-refractivity contribution in [2.45, 2.75) is 46.3 Å². The highest BCUT2D eigenvalue weighted by molar-refractivity contribution is 5.45. The first-order valence-corrected chi connectivity index (χ1v) is 6.92. The lowest BCUT2D eigenvalue weighted by molar-refractivity contribution is -0.0751. The van der Waals surface area contributed by atoms with Crippen LogP contribution in [0.5, 0.6) is 0 Å². The van der Waals surface area contributed by atoms with Gasteiger partial charge in [0, 0.05) is 31.4 Å². The molecule has 1 aliphatic rings. The van der Waals surface area contributed by atoms with E-state index in [1.807, 2.05) is 19.9 Å². The zero-order valence-corrected chi connectivity index (χ0v) is 12.5. The zero-order chi connectivity index (χ0) is 14.0. The van der Waals surface area contributed by atoms with E-state index in [0.29, 0.717) is 5.95 Å². The summed E-state index contributed by atoms with van der Waals surface area (Å²) in [5, 5.41) is 3.18. The van der Waals surface area contributed by atoms with E-state index in [1.54, 1.807) is 0 Å². The van der Waals surface area contributed by atoms with Gasteiger partial charge in [-0.25, -0.2) is 4.98 Å². The van der Waals surface area contributed by atoms with Gasteiger partial charge in [0.05, 0.1) is 11.7 Å². The molecule has 2 heterocycles. The third kappa shape index (κ3) is 3.56. The van der Waals surface area contributed by atoms with Gasteiger partial charge >= 0.3 is 0 Å². The van der Waals surface area contributed by atoms with Gasteiger partial charge in [-0.2, -0.15) is 4.98 Å². The molecule has 2 rings (SSSR count). The highest BCUT2D eigenvalue weighted by Crippen LogP contribution is 2.25. The Hall–Kier alpha value is -1.36. The molecule has 1 aromatic rings. The second kappa shape index (κ2) is 5.33. The molecular weight excluding hydrogens is 240 g/mol. The van der Waals surface area contributed by atoms with Crippen LogP contribution in [-0.2, 0) is 4.74 Å². The molecule has 1 aliphatic heterocycles. The SMILES string of the molecule is CCNc1nc(C)cc(N2CC(C)OC(C)(C)C2)n1. The van der Waals surface area contributed by atoms with E-state index >= 15 is 0 Å². The van der Waals surface area contributed by atoms with Crippen LogP contribution in [0.3, 0.4) is 0 Å². The molecule has 5 heteroatoms. The second-order valence-corrected chi connectivity index (χ2v) is 5.79. The van der Waals surface area contributed by atoms with Crippen LogP contribution < -0.4 is 10.2 Å². The summed E-state index contributed by atoms with van der Waals surface area (Å²) in [4.78, 5) is 11.3. The Balaban J connectivity index is 2.25. The number of hydrogen-bond acceptors (Lipinski definition) is 5. The van der Waals surface area contributed by atoms with E-state index in [9.17, 15) is 0 Å². The van der Waals surface area contributed by atoms with Crippen molar-refractivity contribution in [2.24, 2.45) is 0 Å². The molecule has 0 spiro atoms. The molecular formula is C14H24N4O. The maximum absolute atomic E-state index is 5.93. The predicted molar refractivity (Wildman–Crippen MR) is 77.8 cm³/mol. The van der Waals surface area contributed by atoms with Crippen LogP contribution in [0.4, 0.5) is 11.8 Å². The Labute approximate surface area is 115 Å². The molecule has 19 heavy (non-hydrogen) atoms. The molecule has 1 atom stereocenters. The fourth-order valence-corrected chi connectivity index (χ4v) is 2.58. The third-order valence-electron chi connectivity index (χ3n) is 3.07. The average Bonchev–Trinajstić information content (AvgIpc) is 2.25. The summed E-state index contributed by atoms with van der Waals surface area (Å²) in [5.74, 6) is 1.68. The molecule has 1 aromatic heterocycles. The topological polar surface area (TPSA) is 50.3 Å². The maximum Gasteiger partial charge on any atom is 0.224 e. The lowest BCUT2D eigenvalue weighted by atomic mass is 10.1. The van der Waals surface area contributed by atoms with Crippen molar-refractivity contribution in [1.29, 1.82) is 0 Å². The molecule has 1 saturated heterocycles. The molecule has 1 N–H and O–H groups in total. The number of nitrogens with one attached hydrogen (secondary N) is 1. The van der Waals surface area contributed by atoms with Crippen molar-refractivity contribution in [3.8, 4) is 0 Å². The van der Waals surface area contributed by atoms with Gasteiger partial charge in [0.1, 0.15) is 5.82 Å². The second-order valence-electron chi connectivity index (χ2n) is 5.79. The number of hydrogen-bond donors (Lipinski definition) is 1. The minimum absolute atomic E-state index is 0.144. The Bertz CT molecular complexity index is 447. The Morgan fingerprint density at radius 1 is 1.47 bits per heavy atom. The van der Waals surface area contributed by atoms with Crippen molar-refractivity contribution in [3.63, 3.8) is 0 Å². The summed E-state index contributed by atoms with van der Waals surface area (Å²) >= 11 is 0. The first kappa shape index (κ1) is 14.1. The summed E-state index contributed by atoms with van der Waals surface area (Å²) in [6, 6.07) is 2.04. The monoisotopic (exact) mass is 264 g/mol. The van der Waals surface area contributed by atoms with E-state index < -0.39 is 0 Å². The summed E-state index contributed by atoms with van der Waals surface area (Å²) < 4.78 is 5.93. The summed E-state index contributed by atoms with van der Waals surface area (Å²) in [6.07, 6.45) is 0.210. The van der Waals surface area contributed by atoms with Crippen molar-refractivity contribution in [1.82, 2.24) is 9.97 Å². The number of rotatable bonds is 3. The molecule has 5 nitrogen and oxygen atoms in total. The van der Waals surface area contributed by atoms with Crippen LogP contribution >= 0.6 is 0 Å². The zero-order valence-electron chi connectivity index (χ0n) is 12.5.